The van der Waals surface area contributed by atoms with E-state index in [1.165, 1.54) is 11.8 Å². The molecule has 1 aliphatic carbocycles. The fourth-order valence-electron chi connectivity index (χ4n) is 2.47. The molecule has 1 fully saturated rings. The first-order valence-corrected chi connectivity index (χ1v) is 9.99. The Kier molecular flexibility index (Phi) is 6.71. The number of thioether (sulfide) groups is 1. The summed E-state index contributed by atoms with van der Waals surface area (Å²) in [6.07, 6.45) is 1.96. The second kappa shape index (κ2) is 9.41. The monoisotopic (exact) mass is 398 g/mol. The van der Waals surface area contributed by atoms with Gasteiger partial charge in [0.25, 0.3) is 11.8 Å². The molecule has 0 saturated heterocycles. The molecular weight excluding hydrogens is 376 g/mol. The highest BCUT2D eigenvalue weighted by atomic mass is 32.2. The van der Waals surface area contributed by atoms with Gasteiger partial charge in [0, 0.05) is 10.9 Å². The fraction of sp³-hybridized carbons (Fsp3) is 0.286. The minimum Gasteiger partial charge on any atom is -0.455 e. The van der Waals surface area contributed by atoms with Crippen LogP contribution in [-0.2, 0) is 14.3 Å². The summed E-state index contributed by atoms with van der Waals surface area (Å²) in [5.74, 6) is -1.18. The highest BCUT2D eigenvalue weighted by Crippen LogP contribution is 2.24. The van der Waals surface area contributed by atoms with Crippen LogP contribution in [0.15, 0.2) is 59.5 Å². The average Bonchev–Trinajstić information content (AvgIpc) is 3.51. The van der Waals surface area contributed by atoms with Gasteiger partial charge in [-0.25, -0.2) is 0 Å². The van der Waals surface area contributed by atoms with Gasteiger partial charge in [0.05, 0.1) is 11.3 Å². The van der Waals surface area contributed by atoms with Crippen LogP contribution in [0.5, 0.6) is 0 Å². The van der Waals surface area contributed by atoms with Gasteiger partial charge in [-0.1, -0.05) is 30.3 Å². The van der Waals surface area contributed by atoms with Gasteiger partial charge in [-0.15, -0.1) is 11.8 Å². The van der Waals surface area contributed by atoms with E-state index in [2.05, 4.69) is 10.6 Å². The van der Waals surface area contributed by atoms with Crippen LogP contribution in [0, 0.1) is 0 Å². The van der Waals surface area contributed by atoms with Crippen molar-refractivity contribution in [1.29, 1.82) is 0 Å². The summed E-state index contributed by atoms with van der Waals surface area (Å²) >= 11 is 1.37. The Labute approximate surface area is 168 Å². The van der Waals surface area contributed by atoms with Crippen molar-refractivity contribution in [2.75, 3.05) is 11.9 Å². The van der Waals surface area contributed by atoms with E-state index < -0.39 is 23.7 Å². The first-order chi connectivity index (χ1) is 13.5. The number of carbonyl (C=O) groups excluding carboxylic acids is 3. The fourth-order valence-corrected chi connectivity index (χ4v) is 3.36. The third-order valence-electron chi connectivity index (χ3n) is 4.09. The third kappa shape index (κ3) is 5.85. The summed E-state index contributed by atoms with van der Waals surface area (Å²) in [5.41, 5.74) is 0.787. The maximum Gasteiger partial charge on any atom is 0.319 e. The highest BCUT2D eigenvalue weighted by Gasteiger charge is 2.25. The zero-order valence-electron chi connectivity index (χ0n) is 15.5. The molecule has 2 aromatic carbocycles. The van der Waals surface area contributed by atoms with Crippen molar-refractivity contribution < 1.29 is 19.1 Å². The predicted octanol–water partition coefficient (Wildman–Crippen LogP) is 3.24. The van der Waals surface area contributed by atoms with Crippen molar-refractivity contribution >= 4 is 35.2 Å². The van der Waals surface area contributed by atoms with Gasteiger partial charge in [0.2, 0.25) is 0 Å². The lowest BCUT2D eigenvalue weighted by Crippen LogP contribution is -2.28. The van der Waals surface area contributed by atoms with E-state index in [4.69, 9.17) is 4.74 Å². The molecule has 2 amide bonds. The Hall–Kier alpha value is -2.80. The molecular formula is C21H22N2O4S. The van der Waals surface area contributed by atoms with E-state index in [1.54, 1.807) is 31.2 Å². The Morgan fingerprint density at radius 2 is 1.75 bits per heavy atom. The number of ether oxygens (including phenoxy) is 1. The van der Waals surface area contributed by atoms with Crippen molar-refractivity contribution in [2.45, 2.75) is 36.0 Å². The first kappa shape index (κ1) is 19.9. The second-order valence-corrected chi connectivity index (χ2v) is 7.94. The smallest absolute Gasteiger partial charge is 0.319 e. The summed E-state index contributed by atoms with van der Waals surface area (Å²) < 4.78 is 5.11. The number of anilines is 1. The summed E-state index contributed by atoms with van der Waals surface area (Å²) in [6.45, 7) is 1.33. The largest absolute Gasteiger partial charge is 0.455 e. The maximum atomic E-state index is 12.3. The van der Waals surface area contributed by atoms with Gasteiger partial charge in [0.15, 0.2) is 6.61 Å². The highest BCUT2D eigenvalue weighted by molar-refractivity contribution is 8.00. The molecule has 0 bridgehead atoms. The molecule has 3 rings (SSSR count). The molecule has 1 saturated carbocycles. The van der Waals surface area contributed by atoms with Crippen LogP contribution in [0.25, 0.3) is 0 Å². The van der Waals surface area contributed by atoms with E-state index in [0.717, 1.165) is 17.7 Å². The quantitative estimate of drug-likeness (QED) is 0.527. The van der Waals surface area contributed by atoms with Gasteiger partial charge in [0.1, 0.15) is 5.25 Å². The van der Waals surface area contributed by atoms with Crippen molar-refractivity contribution in [3.8, 4) is 0 Å². The van der Waals surface area contributed by atoms with Gasteiger partial charge < -0.3 is 15.4 Å². The molecule has 28 heavy (non-hydrogen) atoms. The number of amides is 2. The van der Waals surface area contributed by atoms with Crippen molar-refractivity contribution in [2.24, 2.45) is 0 Å². The number of rotatable bonds is 8. The maximum absolute atomic E-state index is 12.3. The average molecular weight is 398 g/mol. The molecule has 6 nitrogen and oxygen atoms in total. The molecule has 1 atom stereocenters. The van der Waals surface area contributed by atoms with Crippen LogP contribution in [0.1, 0.15) is 30.1 Å². The number of hydrogen-bond donors (Lipinski definition) is 2. The summed E-state index contributed by atoms with van der Waals surface area (Å²) in [7, 11) is 0. The molecule has 0 aliphatic heterocycles. The standard InChI is InChI=1S/C21H22N2O4S/c1-14(28-16-7-3-2-4-8-16)21(26)27-13-19(24)23-18-10-6-5-9-17(18)20(25)22-15-11-12-15/h2-10,14-15H,11-13H2,1H3,(H,22,25)(H,23,24)/t14-/m0/s1. The molecule has 0 aromatic heterocycles. The van der Waals surface area contributed by atoms with Gasteiger partial charge in [-0.3, -0.25) is 14.4 Å². The number of carbonyl (C=O) groups is 3. The number of hydrogen-bond acceptors (Lipinski definition) is 5. The van der Waals surface area contributed by atoms with E-state index in [9.17, 15) is 14.4 Å². The second-order valence-electron chi connectivity index (χ2n) is 6.52. The number of para-hydroxylation sites is 1. The Morgan fingerprint density at radius 3 is 2.46 bits per heavy atom. The predicted molar refractivity (Wildman–Crippen MR) is 108 cm³/mol. The Morgan fingerprint density at radius 1 is 1.07 bits per heavy atom. The van der Waals surface area contributed by atoms with Crippen molar-refractivity contribution in [3.05, 3.63) is 60.2 Å². The first-order valence-electron chi connectivity index (χ1n) is 9.11. The molecule has 0 radical (unpaired) electrons. The van der Waals surface area contributed by atoms with E-state index in [0.29, 0.717) is 11.3 Å². The van der Waals surface area contributed by atoms with Gasteiger partial charge >= 0.3 is 5.97 Å². The molecule has 2 N–H and O–H groups in total. The molecule has 2 aromatic rings. The Bertz CT molecular complexity index is 852. The third-order valence-corrected chi connectivity index (χ3v) is 5.18. The van der Waals surface area contributed by atoms with Crippen LogP contribution >= 0.6 is 11.8 Å². The van der Waals surface area contributed by atoms with Crippen LogP contribution in [-0.4, -0.2) is 35.7 Å². The molecule has 0 spiro atoms. The zero-order chi connectivity index (χ0) is 19.9. The van der Waals surface area contributed by atoms with Crippen molar-refractivity contribution in [1.82, 2.24) is 5.32 Å². The number of benzene rings is 2. The van der Waals surface area contributed by atoms with E-state index >= 15 is 0 Å². The lowest BCUT2D eigenvalue weighted by Gasteiger charge is -2.13. The Balaban J connectivity index is 1.50. The van der Waals surface area contributed by atoms with Crippen LogP contribution in [0.4, 0.5) is 5.69 Å². The minimum atomic E-state index is -0.489. The molecule has 1 aliphatic rings. The van der Waals surface area contributed by atoms with E-state index in [1.807, 2.05) is 30.3 Å². The zero-order valence-corrected chi connectivity index (χ0v) is 16.3. The summed E-state index contributed by atoms with van der Waals surface area (Å²) in [5, 5.41) is 5.10. The number of esters is 1. The normalized spacial score (nSPS) is 14.0. The lowest BCUT2D eigenvalue weighted by molar-refractivity contribution is -0.146. The van der Waals surface area contributed by atoms with Gasteiger partial charge in [-0.2, -0.15) is 0 Å². The lowest BCUT2D eigenvalue weighted by atomic mass is 10.1. The summed E-state index contributed by atoms with van der Waals surface area (Å²) in [6, 6.07) is 16.5. The van der Waals surface area contributed by atoms with Crippen LogP contribution in [0.2, 0.25) is 0 Å². The minimum absolute atomic E-state index is 0.219. The number of nitrogens with one attached hydrogen (secondary N) is 2. The van der Waals surface area contributed by atoms with Crippen LogP contribution < -0.4 is 10.6 Å². The molecule has 7 heteroatoms. The topological polar surface area (TPSA) is 84.5 Å². The molecule has 0 unspecified atom stereocenters. The van der Waals surface area contributed by atoms with E-state index in [-0.39, 0.29) is 11.9 Å². The van der Waals surface area contributed by atoms with Crippen LogP contribution in [0.3, 0.4) is 0 Å². The van der Waals surface area contributed by atoms with Crippen molar-refractivity contribution in [3.63, 3.8) is 0 Å². The summed E-state index contributed by atoms with van der Waals surface area (Å²) in [4.78, 5) is 37.5. The molecule has 146 valence electrons. The van der Waals surface area contributed by atoms with Gasteiger partial charge in [-0.05, 0) is 44.0 Å². The SMILES string of the molecule is C[C@H](Sc1ccccc1)C(=O)OCC(=O)Nc1ccccc1C(=O)NC1CC1. The molecule has 0 heterocycles.